The van der Waals surface area contributed by atoms with Gasteiger partial charge in [0.25, 0.3) is 0 Å². The van der Waals surface area contributed by atoms with E-state index in [9.17, 15) is 4.79 Å². The van der Waals surface area contributed by atoms with E-state index in [1.165, 1.54) is 11.3 Å². The Hall–Kier alpha value is -2.37. The number of benzene rings is 1. The average Bonchev–Trinajstić information content (AvgIpc) is 3.43. The van der Waals surface area contributed by atoms with E-state index in [4.69, 9.17) is 4.52 Å². The quantitative estimate of drug-likeness (QED) is 0.417. The van der Waals surface area contributed by atoms with Crippen LogP contribution in [0.25, 0.3) is 10.2 Å². The Balaban J connectivity index is 1.26. The zero-order valence-corrected chi connectivity index (χ0v) is 17.4. The van der Waals surface area contributed by atoms with Gasteiger partial charge in [-0.15, -0.1) is 21.5 Å². The minimum absolute atomic E-state index is 0.151. The van der Waals surface area contributed by atoms with E-state index in [-0.39, 0.29) is 12.3 Å². The first-order valence-corrected chi connectivity index (χ1v) is 11.2. The van der Waals surface area contributed by atoms with Gasteiger partial charge in [-0.25, -0.2) is 4.98 Å². The first-order chi connectivity index (χ1) is 13.7. The van der Waals surface area contributed by atoms with Gasteiger partial charge in [0.05, 0.1) is 16.0 Å². The fourth-order valence-corrected chi connectivity index (χ4v) is 4.95. The number of aryl methyl sites for hydroxylation is 2. The van der Waals surface area contributed by atoms with E-state index >= 15 is 0 Å². The summed E-state index contributed by atoms with van der Waals surface area (Å²) in [5.41, 5.74) is 0.997. The van der Waals surface area contributed by atoms with Crippen LogP contribution in [0.4, 0.5) is 5.13 Å². The Kier molecular flexibility index (Phi) is 5.93. The first kappa shape index (κ1) is 19.0. The van der Waals surface area contributed by atoms with Crippen LogP contribution in [0.5, 0.6) is 0 Å². The van der Waals surface area contributed by atoms with Crippen molar-refractivity contribution >= 4 is 55.7 Å². The molecule has 0 unspecified atom stereocenters. The van der Waals surface area contributed by atoms with Crippen LogP contribution < -0.4 is 5.32 Å². The van der Waals surface area contributed by atoms with Gasteiger partial charge in [-0.1, -0.05) is 47.3 Å². The fourth-order valence-electron chi connectivity index (χ4n) is 2.34. The third kappa shape index (κ3) is 4.72. The molecule has 4 aromatic rings. The van der Waals surface area contributed by atoms with Gasteiger partial charge in [0, 0.05) is 12.8 Å². The third-order valence-corrected chi connectivity index (χ3v) is 6.85. The van der Waals surface area contributed by atoms with Crippen LogP contribution in [0.15, 0.2) is 33.1 Å². The number of fused-ring (bicyclic) bond motifs is 1. The topological polar surface area (TPSA) is 107 Å². The number of hydrogen-bond donors (Lipinski definition) is 1. The SMILES string of the molecule is CCc1nnc(NC(=O)CCc2nc(CSc3nc4ccccc4s3)no2)s1. The number of thioether (sulfide) groups is 1. The van der Waals surface area contributed by atoms with Crippen LogP contribution in [0.1, 0.15) is 30.1 Å². The lowest BCUT2D eigenvalue weighted by molar-refractivity contribution is -0.116. The molecule has 0 spiro atoms. The van der Waals surface area contributed by atoms with E-state index < -0.39 is 0 Å². The lowest BCUT2D eigenvalue weighted by Crippen LogP contribution is -2.12. The van der Waals surface area contributed by atoms with E-state index in [1.807, 2.05) is 25.1 Å². The molecule has 0 bridgehead atoms. The Morgan fingerprint density at radius 3 is 2.93 bits per heavy atom. The molecule has 0 aliphatic rings. The molecule has 0 atom stereocenters. The number of nitrogens with zero attached hydrogens (tertiary/aromatic N) is 5. The highest BCUT2D eigenvalue weighted by Gasteiger charge is 2.12. The summed E-state index contributed by atoms with van der Waals surface area (Å²) in [7, 11) is 0. The highest BCUT2D eigenvalue weighted by molar-refractivity contribution is 8.00. The van der Waals surface area contributed by atoms with Gasteiger partial charge >= 0.3 is 0 Å². The van der Waals surface area contributed by atoms with Gasteiger partial charge in [-0.2, -0.15) is 4.98 Å². The molecule has 1 aromatic carbocycles. The molecular weight excluding hydrogens is 416 g/mol. The van der Waals surface area contributed by atoms with Crippen molar-refractivity contribution < 1.29 is 9.32 Å². The number of carbonyl (C=O) groups is 1. The van der Waals surface area contributed by atoms with E-state index in [2.05, 4.69) is 36.7 Å². The maximum Gasteiger partial charge on any atom is 0.227 e. The molecule has 0 fully saturated rings. The van der Waals surface area contributed by atoms with E-state index in [1.54, 1.807) is 23.1 Å². The summed E-state index contributed by atoms with van der Waals surface area (Å²) < 4.78 is 7.36. The zero-order chi connectivity index (χ0) is 19.3. The molecule has 8 nitrogen and oxygen atoms in total. The van der Waals surface area contributed by atoms with Crippen LogP contribution in [0.2, 0.25) is 0 Å². The Labute approximate surface area is 172 Å². The van der Waals surface area contributed by atoms with Crippen LogP contribution in [0, 0.1) is 0 Å². The molecule has 0 saturated heterocycles. The van der Waals surface area contributed by atoms with Crippen molar-refractivity contribution in [2.75, 3.05) is 5.32 Å². The van der Waals surface area contributed by atoms with Crippen LogP contribution in [-0.4, -0.2) is 31.2 Å². The van der Waals surface area contributed by atoms with Crippen molar-refractivity contribution in [1.29, 1.82) is 0 Å². The summed E-state index contributed by atoms with van der Waals surface area (Å²) in [5, 5.41) is 16.0. The second-order valence-electron chi connectivity index (χ2n) is 5.74. The Bertz CT molecular complexity index is 1060. The normalized spacial score (nSPS) is 11.2. The molecular formula is C17H16N6O2S3. The van der Waals surface area contributed by atoms with Gasteiger partial charge in [-0.3, -0.25) is 4.79 Å². The Morgan fingerprint density at radius 1 is 1.21 bits per heavy atom. The molecule has 0 aliphatic heterocycles. The number of thiazole rings is 1. The van der Waals surface area contributed by atoms with Gasteiger partial charge in [0.1, 0.15) is 5.01 Å². The van der Waals surface area contributed by atoms with Crippen LogP contribution in [-0.2, 0) is 23.4 Å². The number of aromatic nitrogens is 5. The molecule has 3 aromatic heterocycles. The number of carbonyl (C=O) groups excluding carboxylic acids is 1. The zero-order valence-electron chi connectivity index (χ0n) is 14.9. The number of amides is 1. The van der Waals surface area contributed by atoms with Crippen molar-refractivity contribution in [3.05, 3.63) is 41.0 Å². The number of nitrogens with one attached hydrogen (secondary N) is 1. The van der Waals surface area contributed by atoms with Crippen LogP contribution in [0.3, 0.4) is 0 Å². The average molecular weight is 433 g/mol. The standard InChI is InChI=1S/C17H16N6O2S3/c1-2-15-21-22-16(28-15)20-13(24)7-8-14-19-12(23-25-14)9-26-17-18-10-5-3-4-6-11(10)27-17/h3-6H,2,7-9H2,1H3,(H,20,22,24). The molecule has 0 saturated carbocycles. The maximum atomic E-state index is 12.0. The molecule has 11 heteroatoms. The monoisotopic (exact) mass is 432 g/mol. The van der Waals surface area contributed by atoms with E-state index in [0.29, 0.717) is 29.0 Å². The minimum Gasteiger partial charge on any atom is -0.339 e. The smallest absolute Gasteiger partial charge is 0.227 e. The summed E-state index contributed by atoms with van der Waals surface area (Å²) >= 11 is 4.60. The summed E-state index contributed by atoms with van der Waals surface area (Å²) in [6.45, 7) is 1.99. The number of rotatable bonds is 8. The van der Waals surface area contributed by atoms with Crippen molar-refractivity contribution in [3.63, 3.8) is 0 Å². The molecule has 28 heavy (non-hydrogen) atoms. The van der Waals surface area contributed by atoms with Gasteiger partial charge in [-0.05, 0) is 18.6 Å². The summed E-state index contributed by atoms with van der Waals surface area (Å²) in [5.74, 6) is 1.46. The highest BCUT2D eigenvalue weighted by atomic mass is 32.2. The molecule has 0 radical (unpaired) electrons. The minimum atomic E-state index is -0.151. The largest absolute Gasteiger partial charge is 0.339 e. The predicted molar refractivity (Wildman–Crippen MR) is 110 cm³/mol. The molecule has 3 heterocycles. The number of anilines is 1. The first-order valence-electron chi connectivity index (χ1n) is 8.61. The van der Waals surface area contributed by atoms with Crippen molar-refractivity contribution in [2.45, 2.75) is 36.3 Å². The molecule has 0 aliphatic carbocycles. The van der Waals surface area contributed by atoms with Crippen molar-refractivity contribution in [3.8, 4) is 0 Å². The van der Waals surface area contributed by atoms with E-state index in [0.717, 1.165) is 26.0 Å². The third-order valence-electron chi connectivity index (χ3n) is 3.69. The second kappa shape index (κ2) is 8.76. The number of hydrogen-bond acceptors (Lipinski definition) is 10. The van der Waals surface area contributed by atoms with Gasteiger partial charge in [0.2, 0.25) is 16.9 Å². The molecule has 4 rings (SSSR count). The molecule has 1 amide bonds. The van der Waals surface area contributed by atoms with Crippen molar-refractivity contribution in [2.24, 2.45) is 0 Å². The van der Waals surface area contributed by atoms with Gasteiger partial charge < -0.3 is 9.84 Å². The Morgan fingerprint density at radius 2 is 2.11 bits per heavy atom. The second-order valence-corrected chi connectivity index (χ2v) is 9.06. The highest BCUT2D eigenvalue weighted by Crippen LogP contribution is 2.30. The summed E-state index contributed by atoms with van der Waals surface area (Å²) in [6, 6.07) is 8.04. The molecule has 1 N–H and O–H groups in total. The van der Waals surface area contributed by atoms with Crippen LogP contribution >= 0.6 is 34.4 Å². The summed E-state index contributed by atoms with van der Waals surface area (Å²) in [4.78, 5) is 20.9. The predicted octanol–water partition coefficient (Wildman–Crippen LogP) is 3.96. The molecule has 144 valence electrons. The number of para-hydroxylation sites is 1. The fraction of sp³-hybridized carbons (Fsp3) is 0.294. The maximum absolute atomic E-state index is 12.0. The summed E-state index contributed by atoms with van der Waals surface area (Å²) in [6.07, 6.45) is 1.42. The lowest BCUT2D eigenvalue weighted by atomic mass is 10.3. The lowest BCUT2D eigenvalue weighted by Gasteiger charge is -1.98. The van der Waals surface area contributed by atoms with Crippen molar-refractivity contribution in [1.82, 2.24) is 25.3 Å². The van der Waals surface area contributed by atoms with Gasteiger partial charge in [0.15, 0.2) is 10.2 Å².